The Morgan fingerprint density at radius 3 is 2.11 bits per heavy atom. The summed E-state index contributed by atoms with van der Waals surface area (Å²) in [6, 6.07) is 21.6. The zero-order chi connectivity index (χ0) is 64.6. The number of rotatable bonds is 35. The lowest BCUT2D eigenvalue weighted by atomic mass is 9.80. The lowest BCUT2D eigenvalue weighted by Gasteiger charge is -2.28. The molecule has 0 spiro atoms. The highest BCUT2D eigenvalue weighted by molar-refractivity contribution is 7.95. The predicted octanol–water partition coefficient (Wildman–Crippen LogP) is 11.2. The van der Waals surface area contributed by atoms with Gasteiger partial charge in [0.1, 0.15) is 18.1 Å². The highest BCUT2D eigenvalue weighted by atomic mass is 32.2. The van der Waals surface area contributed by atoms with Gasteiger partial charge in [-0.2, -0.15) is 21.4 Å². The Balaban J connectivity index is 1.15. The summed E-state index contributed by atoms with van der Waals surface area (Å²) in [6.45, 7) is 10.7. The van der Waals surface area contributed by atoms with Crippen LogP contribution in [0.4, 0.5) is 17.1 Å². The van der Waals surface area contributed by atoms with E-state index in [1.54, 1.807) is 30.3 Å². The minimum absolute atomic E-state index is 0.0770. The SMILES string of the molecule is CC1(C)C(/C=C/C2=C(Oc3ccc(SOOO)cc3)C(=C/C=C3/N(CCCCCC(=O)NCCN4C(=O)C=CC4=O)c4ccc5cc(S(=O)(=O)O)ccc5c4C3(C)C)/CCC2)=[N+](CCCS(=O)(=O)O)c2ccc(N(CCCSOOO)CCCSOOO)cc21. The van der Waals surface area contributed by atoms with E-state index in [9.17, 15) is 40.3 Å². The van der Waals surface area contributed by atoms with Crippen molar-refractivity contribution in [2.24, 2.45) is 0 Å². The Labute approximate surface area is 535 Å². The molecule has 4 aromatic rings. The number of fused-ring (bicyclic) bond motifs is 4. The number of imide groups is 1. The summed E-state index contributed by atoms with van der Waals surface area (Å²) >= 11 is 2.73. The number of allylic oxidation sites excluding steroid dienone is 7. The van der Waals surface area contributed by atoms with Gasteiger partial charge in [0.2, 0.25) is 11.6 Å². The van der Waals surface area contributed by atoms with Crippen LogP contribution in [0, 0.1) is 0 Å². The highest BCUT2D eigenvalue weighted by Crippen LogP contribution is 2.52. The maximum Gasteiger partial charge on any atom is 0.294 e. The first kappa shape index (κ1) is 69.9. The van der Waals surface area contributed by atoms with Crippen LogP contribution in [-0.2, 0) is 73.6 Å². The molecule has 3 aliphatic heterocycles. The van der Waals surface area contributed by atoms with Gasteiger partial charge in [-0.25, -0.2) is 15.8 Å². The molecule has 486 valence electrons. The van der Waals surface area contributed by atoms with Gasteiger partial charge in [0, 0.05) is 138 Å². The van der Waals surface area contributed by atoms with Crippen molar-refractivity contribution >= 4 is 108 Å². The van der Waals surface area contributed by atoms with Crippen molar-refractivity contribution in [2.75, 3.05) is 66.3 Å². The van der Waals surface area contributed by atoms with Gasteiger partial charge in [0.15, 0.2) is 5.71 Å². The number of carbonyl (C=O) groups is 3. The predicted molar refractivity (Wildman–Crippen MR) is 342 cm³/mol. The number of benzene rings is 4. The molecule has 0 fully saturated rings. The molecule has 0 atom stereocenters. The van der Waals surface area contributed by atoms with Crippen molar-refractivity contribution in [1.82, 2.24) is 10.2 Å². The number of carbonyl (C=O) groups excluding carboxylic acids is 3. The second-order valence-corrected chi connectivity index (χ2v) is 28.0. The minimum Gasteiger partial charge on any atom is -0.457 e. The zero-order valence-corrected chi connectivity index (χ0v) is 54.2. The monoisotopic (exact) mass is 1340 g/mol. The fraction of sp³-hybridized carbons (Fsp3) is 0.410. The lowest BCUT2D eigenvalue weighted by molar-refractivity contribution is -0.437. The van der Waals surface area contributed by atoms with E-state index in [1.807, 2.05) is 30.3 Å². The van der Waals surface area contributed by atoms with E-state index in [2.05, 4.69) is 99.8 Å². The standard InChI is InChI=1S/C61H73N5O19S5/c1-60(2)50-41-45(63(32-9-37-86-83-80-70)33-10-38-87-84-81-71)18-26-51(50)64(35-11-39-89(73,74)75)53(60)27-16-42-12-8-13-43(59(42)79-46-19-21-47(22-20-46)88-85-82-72)17-28-54-61(3,4)58-49-24-23-48(90(76,77)78)40-44(49)15-25-52(58)65(54)34-7-5-6-14-55(67)62-31-36-66-56(68)29-30-57(66)69/h15-30,40-41H,5-14,31-39H2,1-4H3,(H5-,62,67,70,71,72,73,74,75,76,77,78)/p+1. The van der Waals surface area contributed by atoms with Gasteiger partial charge in [-0.1, -0.05) is 53.6 Å². The number of hydrogen-bond donors (Lipinski definition) is 6. The van der Waals surface area contributed by atoms with Crippen molar-refractivity contribution in [3.8, 4) is 5.75 Å². The number of nitrogens with zero attached hydrogens (tertiary/aromatic N) is 4. The topological polar surface area (TPSA) is 310 Å². The van der Waals surface area contributed by atoms with E-state index in [4.69, 9.17) is 20.5 Å². The van der Waals surface area contributed by atoms with Crippen LogP contribution in [0.1, 0.15) is 103 Å². The maximum atomic E-state index is 12.9. The quantitative estimate of drug-likeness (QED) is 0.00474. The highest BCUT2D eigenvalue weighted by Gasteiger charge is 2.45. The normalized spacial score (nSPS) is 17.3. The van der Waals surface area contributed by atoms with Crippen LogP contribution in [0.25, 0.3) is 10.8 Å². The summed E-state index contributed by atoms with van der Waals surface area (Å²) in [6.07, 6.45) is 16.3. The van der Waals surface area contributed by atoms with Gasteiger partial charge in [-0.15, -0.1) is 13.0 Å². The molecular weight excluding hydrogens is 1270 g/mol. The number of unbranched alkanes of at least 4 members (excludes halogenated alkanes) is 2. The summed E-state index contributed by atoms with van der Waals surface area (Å²) in [5.74, 6) is 0.670. The average Bonchev–Trinajstić information content (AvgIpc) is 1.84. The molecule has 29 heteroatoms. The number of ether oxygens (including phenoxy) is 1. The molecule has 90 heavy (non-hydrogen) atoms. The van der Waals surface area contributed by atoms with Gasteiger partial charge in [-0.3, -0.25) is 28.4 Å². The van der Waals surface area contributed by atoms with Crippen LogP contribution in [0.3, 0.4) is 0 Å². The number of nitrogens with one attached hydrogen (secondary N) is 1. The summed E-state index contributed by atoms with van der Waals surface area (Å²) in [5.41, 5.74) is 6.88. The van der Waals surface area contributed by atoms with E-state index in [1.165, 1.54) is 24.3 Å². The largest absolute Gasteiger partial charge is 0.457 e. The fourth-order valence-electron chi connectivity index (χ4n) is 11.8. The van der Waals surface area contributed by atoms with E-state index in [0.717, 1.165) is 104 Å². The van der Waals surface area contributed by atoms with Gasteiger partial charge < -0.3 is 19.9 Å². The first-order valence-electron chi connectivity index (χ1n) is 29.1. The third-order valence-electron chi connectivity index (χ3n) is 16.0. The van der Waals surface area contributed by atoms with Gasteiger partial charge in [-0.05, 0) is 153 Å². The van der Waals surface area contributed by atoms with Crippen LogP contribution in [-0.4, -0.2) is 131 Å². The summed E-state index contributed by atoms with van der Waals surface area (Å²) in [4.78, 5) is 42.8. The smallest absolute Gasteiger partial charge is 0.294 e. The minimum atomic E-state index is -4.50. The molecule has 6 N–H and O–H groups in total. The molecule has 0 aromatic heterocycles. The van der Waals surface area contributed by atoms with Crippen LogP contribution >= 0.6 is 36.1 Å². The van der Waals surface area contributed by atoms with E-state index in [-0.39, 0.29) is 43.3 Å². The average molecular weight is 1340 g/mol. The van der Waals surface area contributed by atoms with E-state index in [0.29, 0.717) is 97.9 Å². The lowest BCUT2D eigenvalue weighted by Crippen LogP contribution is -2.38. The Morgan fingerprint density at radius 2 is 1.44 bits per heavy atom. The fourth-order valence-corrected chi connectivity index (χ4v) is 13.9. The summed E-state index contributed by atoms with van der Waals surface area (Å²) in [5, 5.41) is 41.8. The molecule has 3 heterocycles. The second kappa shape index (κ2) is 32.1. The van der Waals surface area contributed by atoms with Crippen LogP contribution in [0.15, 0.2) is 142 Å². The van der Waals surface area contributed by atoms with Crippen LogP contribution in [0.2, 0.25) is 0 Å². The Bertz CT molecular complexity index is 3650. The number of amides is 3. The van der Waals surface area contributed by atoms with Crippen molar-refractivity contribution in [2.45, 2.75) is 113 Å². The third kappa shape index (κ3) is 18.0. The van der Waals surface area contributed by atoms with Gasteiger partial charge in [0.05, 0.1) is 28.1 Å². The molecule has 0 unspecified atom stereocenters. The first-order chi connectivity index (χ1) is 43.0. The Kier molecular flexibility index (Phi) is 24.9. The van der Waals surface area contributed by atoms with Gasteiger partial charge >= 0.3 is 0 Å². The molecule has 0 saturated carbocycles. The van der Waals surface area contributed by atoms with Crippen LogP contribution in [0.5, 0.6) is 5.75 Å². The van der Waals surface area contributed by atoms with Crippen molar-refractivity contribution < 1.29 is 93.5 Å². The molecule has 4 aromatic carbocycles. The summed E-state index contributed by atoms with van der Waals surface area (Å²) < 4.78 is 91.7. The molecule has 3 amide bonds. The van der Waals surface area contributed by atoms with Crippen molar-refractivity contribution in [3.63, 3.8) is 0 Å². The molecule has 0 saturated heterocycles. The molecular formula is C61H74N5O19S5+. The van der Waals surface area contributed by atoms with E-state index < -0.39 is 48.6 Å². The molecule has 1 aliphatic carbocycles. The molecule has 0 radical (unpaired) electrons. The third-order valence-corrected chi connectivity index (χ3v) is 19.5. The molecule has 0 bridgehead atoms. The van der Waals surface area contributed by atoms with Gasteiger partial charge in [0.25, 0.3) is 32.1 Å². The zero-order valence-electron chi connectivity index (χ0n) is 50.1. The molecule has 4 aliphatic rings. The number of anilines is 2. The molecule has 24 nitrogen and oxygen atoms in total. The number of hydrogen-bond acceptors (Lipinski definition) is 22. The van der Waals surface area contributed by atoms with Crippen molar-refractivity contribution in [1.29, 1.82) is 0 Å². The van der Waals surface area contributed by atoms with Crippen LogP contribution < -0.4 is 19.9 Å². The Morgan fingerprint density at radius 1 is 0.744 bits per heavy atom. The second-order valence-electron chi connectivity index (χ2n) is 22.6. The molecule has 8 rings (SSSR count). The Hall–Kier alpha value is -5.97. The van der Waals surface area contributed by atoms with Crippen molar-refractivity contribution in [3.05, 3.63) is 143 Å². The first-order valence-corrected chi connectivity index (χ1v) is 34.7. The summed E-state index contributed by atoms with van der Waals surface area (Å²) in [7, 11) is -8.78. The van der Waals surface area contributed by atoms with E-state index >= 15 is 0 Å². The maximum absolute atomic E-state index is 12.9.